The number of rotatable bonds is 4. The second kappa shape index (κ2) is 6.36. The van der Waals surface area contributed by atoms with Gasteiger partial charge in [-0.15, -0.1) is 0 Å². The van der Waals surface area contributed by atoms with Gasteiger partial charge in [-0.1, -0.05) is 15.9 Å². The molecule has 0 aromatic heterocycles. The summed E-state index contributed by atoms with van der Waals surface area (Å²) in [6.07, 6.45) is -1.61. The Kier molecular flexibility index (Phi) is 5.11. The van der Waals surface area contributed by atoms with Crippen LogP contribution in [0.15, 0.2) is 22.7 Å². The van der Waals surface area contributed by atoms with Crippen molar-refractivity contribution in [3.63, 3.8) is 0 Å². The topological polar surface area (TPSA) is 98.7 Å². The summed E-state index contributed by atoms with van der Waals surface area (Å²) >= 11 is 3.33. The molecule has 0 heterocycles. The van der Waals surface area contributed by atoms with Gasteiger partial charge in [0.15, 0.2) is 6.10 Å². The van der Waals surface area contributed by atoms with Crippen LogP contribution in [0.1, 0.15) is 5.56 Å². The summed E-state index contributed by atoms with van der Waals surface area (Å²) in [5, 5.41) is 22.2. The number of amides is 2. The second-order valence-corrected chi connectivity index (χ2v) is 4.51. The minimum atomic E-state index is -1.61. The summed E-state index contributed by atoms with van der Waals surface area (Å²) < 4.78 is 0.926. The van der Waals surface area contributed by atoms with Crippen LogP contribution < -0.4 is 10.6 Å². The molecule has 0 aliphatic carbocycles. The molecule has 4 N–H and O–H groups in total. The Morgan fingerprint density at radius 3 is 2.67 bits per heavy atom. The highest BCUT2D eigenvalue weighted by Gasteiger charge is 2.13. The third kappa shape index (κ3) is 4.34. The van der Waals surface area contributed by atoms with Crippen LogP contribution in [0, 0.1) is 6.92 Å². The average Bonchev–Trinajstić information content (AvgIpc) is 2.30. The molecule has 0 aliphatic rings. The van der Waals surface area contributed by atoms with Gasteiger partial charge in [-0.2, -0.15) is 0 Å². The van der Waals surface area contributed by atoms with Crippen molar-refractivity contribution in [3.05, 3.63) is 28.2 Å². The second-order valence-electron chi connectivity index (χ2n) is 3.65. The van der Waals surface area contributed by atoms with E-state index in [4.69, 9.17) is 10.2 Å². The van der Waals surface area contributed by atoms with E-state index in [0.717, 1.165) is 10.0 Å². The number of carboxylic acids is 1. The predicted octanol–water partition coefficient (Wildman–Crippen LogP) is 1.32. The van der Waals surface area contributed by atoms with Crippen molar-refractivity contribution in [1.82, 2.24) is 5.32 Å². The highest BCUT2D eigenvalue weighted by atomic mass is 79.9. The summed E-state index contributed by atoms with van der Waals surface area (Å²) in [6.45, 7) is 1.53. The maximum atomic E-state index is 11.4. The number of aliphatic hydroxyl groups is 1. The molecule has 0 saturated heterocycles. The molecule has 2 amide bonds. The number of carboxylic acid groups (broad SMARTS) is 1. The van der Waals surface area contributed by atoms with Crippen molar-refractivity contribution in [2.24, 2.45) is 0 Å². The van der Waals surface area contributed by atoms with E-state index < -0.39 is 18.1 Å². The number of hydrogen-bond donors (Lipinski definition) is 4. The van der Waals surface area contributed by atoms with E-state index in [2.05, 4.69) is 26.6 Å². The smallest absolute Gasteiger partial charge is 0.334 e. The third-order valence-electron chi connectivity index (χ3n) is 2.16. The number of halogens is 1. The molecule has 1 atom stereocenters. The minimum Gasteiger partial charge on any atom is -0.479 e. The van der Waals surface area contributed by atoms with Crippen LogP contribution in [0.2, 0.25) is 0 Å². The van der Waals surface area contributed by atoms with Gasteiger partial charge in [0.05, 0.1) is 6.54 Å². The SMILES string of the molecule is Cc1cc(NC(=O)NCC(O)C(=O)O)ccc1Br. The lowest BCUT2D eigenvalue weighted by molar-refractivity contribution is -0.146. The fourth-order valence-corrected chi connectivity index (χ4v) is 1.42. The summed E-state index contributed by atoms with van der Waals surface area (Å²) in [7, 11) is 0. The number of carbonyl (C=O) groups is 2. The number of nitrogens with one attached hydrogen (secondary N) is 2. The van der Waals surface area contributed by atoms with Gasteiger partial charge < -0.3 is 20.8 Å². The molecule has 0 bridgehead atoms. The van der Waals surface area contributed by atoms with Gasteiger partial charge in [0.1, 0.15) is 0 Å². The van der Waals surface area contributed by atoms with Crippen molar-refractivity contribution < 1.29 is 19.8 Å². The Morgan fingerprint density at radius 2 is 2.11 bits per heavy atom. The summed E-state index contributed by atoms with van der Waals surface area (Å²) in [6, 6.07) is 4.68. The van der Waals surface area contributed by atoms with E-state index in [9.17, 15) is 9.59 Å². The van der Waals surface area contributed by atoms with E-state index in [1.807, 2.05) is 6.92 Å². The number of urea groups is 1. The molecule has 0 radical (unpaired) electrons. The van der Waals surface area contributed by atoms with Gasteiger partial charge in [-0.25, -0.2) is 9.59 Å². The molecule has 1 unspecified atom stereocenters. The number of hydrogen-bond acceptors (Lipinski definition) is 3. The first kappa shape index (κ1) is 14.5. The quantitative estimate of drug-likeness (QED) is 0.673. The zero-order valence-corrected chi connectivity index (χ0v) is 11.2. The van der Waals surface area contributed by atoms with Crippen LogP contribution in [-0.2, 0) is 4.79 Å². The zero-order chi connectivity index (χ0) is 13.7. The number of aliphatic carboxylic acids is 1. The lowest BCUT2D eigenvalue weighted by Crippen LogP contribution is -2.38. The zero-order valence-electron chi connectivity index (χ0n) is 9.61. The van der Waals surface area contributed by atoms with E-state index >= 15 is 0 Å². The highest BCUT2D eigenvalue weighted by Crippen LogP contribution is 2.19. The largest absolute Gasteiger partial charge is 0.479 e. The van der Waals surface area contributed by atoms with Gasteiger partial charge in [-0.3, -0.25) is 0 Å². The predicted molar refractivity (Wildman–Crippen MR) is 69.5 cm³/mol. The maximum Gasteiger partial charge on any atom is 0.334 e. The number of anilines is 1. The first-order valence-corrected chi connectivity index (χ1v) is 5.91. The van der Waals surface area contributed by atoms with Crippen LogP contribution in [0.5, 0.6) is 0 Å². The lowest BCUT2D eigenvalue weighted by Gasteiger charge is -2.10. The molecule has 7 heteroatoms. The van der Waals surface area contributed by atoms with E-state index in [-0.39, 0.29) is 6.54 Å². The first-order valence-electron chi connectivity index (χ1n) is 5.12. The molecule has 18 heavy (non-hydrogen) atoms. The lowest BCUT2D eigenvalue weighted by atomic mass is 10.2. The molecule has 1 rings (SSSR count). The van der Waals surface area contributed by atoms with Crippen LogP contribution in [0.25, 0.3) is 0 Å². The van der Waals surface area contributed by atoms with Gasteiger partial charge in [0.2, 0.25) is 0 Å². The normalized spacial score (nSPS) is 11.7. The molecular weight excluding hydrogens is 304 g/mol. The van der Waals surface area contributed by atoms with Crippen LogP contribution in [0.4, 0.5) is 10.5 Å². The molecule has 1 aromatic carbocycles. The highest BCUT2D eigenvalue weighted by molar-refractivity contribution is 9.10. The maximum absolute atomic E-state index is 11.4. The number of benzene rings is 1. The average molecular weight is 317 g/mol. The van der Waals surface area contributed by atoms with Crippen LogP contribution in [-0.4, -0.2) is 34.9 Å². The Labute approximate surface area is 112 Å². The molecule has 0 saturated carbocycles. The van der Waals surface area contributed by atoms with Gasteiger partial charge in [-0.05, 0) is 30.7 Å². The van der Waals surface area contributed by atoms with Crippen molar-refractivity contribution in [1.29, 1.82) is 0 Å². The van der Waals surface area contributed by atoms with Crippen molar-refractivity contribution in [3.8, 4) is 0 Å². The molecule has 0 fully saturated rings. The summed E-state index contributed by atoms with van der Waals surface area (Å²) in [4.78, 5) is 21.7. The summed E-state index contributed by atoms with van der Waals surface area (Å²) in [5.74, 6) is -1.38. The van der Waals surface area contributed by atoms with Crippen molar-refractivity contribution in [2.45, 2.75) is 13.0 Å². The first-order chi connectivity index (χ1) is 8.40. The molecule has 0 spiro atoms. The number of aryl methyl sites for hydroxylation is 1. The van der Waals surface area contributed by atoms with Crippen LogP contribution >= 0.6 is 15.9 Å². The molecular formula is C11H13BrN2O4. The van der Waals surface area contributed by atoms with Crippen LogP contribution in [0.3, 0.4) is 0 Å². The Bertz CT molecular complexity index is 464. The number of aliphatic hydroxyl groups excluding tert-OH is 1. The molecule has 6 nitrogen and oxygen atoms in total. The Balaban J connectivity index is 2.49. The summed E-state index contributed by atoms with van der Waals surface area (Å²) in [5.41, 5.74) is 1.54. The Morgan fingerprint density at radius 1 is 1.44 bits per heavy atom. The third-order valence-corrected chi connectivity index (χ3v) is 3.05. The van der Waals surface area contributed by atoms with E-state index in [1.54, 1.807) is 18.2 Å². The fourth-order valence-electron chi connectivity index (χ4n) is 1.17. The fraction of sp³-hybridized carbons (Fsp3) is 0.273. The van der Waals surface area contributed by atoms with Gasteiger partial charge in [0.25, 0.3) is 0 Å². The van der Waals surface area contributed by atoms with Crippen molar-refractivity contribution >= 4 is 33.6 Å². The number of carbonyl (C=O) groups excluding carboxylic acids is 1. The monoisotopic (exact) mass is 316 g/mol. The van der Waals surface area contributed by atoms with E-state index in [1.165, 1.54) is 0 Å². The van der Waals surface area contributed by atoms with Gasteiger partial charge in [0, 0.05) is 10.2 Å². The minimum absolute atomic E-state index is 0.351. The van der Waals surface area contributed by atoms with E-state index in [0.29, 0.717) is 5.69 Å². The standard InChI is InChI=1S/C11H13BrN2O4/c1-6-4-7(2-3-8(6)12)14-11(18)13-5-9(15)10(16)17/h2-4,9,15H,5H2,1H3,(H,16,17)(H2,13,14,18). The Hall–Kier alpha value is -1.60. The molecule has 0 aliphatic heterocycles. The van der Waals surface area contributed by atoms with Gasteiger partial charge >= 0.3 is 12.0 Å². The molecule has 98 valence electrons. The van der Waals surface area contributed by atoms with Crippen molar-refractivity contribution in [2.75, 3.05) is 11.9 Å². The molecule has 1 aromatic rings.